The minimum absolute atomic E-state index is 0. The Morgan fingerprint density at radius 3 is 0.500 bits per heavy atom. The smallest absolute Gasteiger partial charge is 0 e. The van der Waals surface area contributed by atoms with E-state index in [1.165, 1.54) is 0 Å². The summed E-state index contributed by atoms with van der Waals surface area (Å²) in [5.74, 6) is 0. The Labute approximate surface area is 68.3 Å². The maximum absolute atomic E-state index is 0. The van der Waals surface area contributed by atoms with E-state index in [0.29, 0.717) is 0 Å². The maximum Gasteiger partial charge on any atom is 0.187 e. The predicted octanol–water partition coefficient (Wildman–Crippen LogP) is -2.37. The van der Waals surface area contributed by atoms with Gasteiger partial charge in [0.05, 0.1) is 0 Å². The van der Waals surface area contributed by atoms with Crippen molar-refractivity contribution < 1.29 is 34.1 Å². The van der Waals surface area contributed by atoms with Crippen molar-refractivity contribution in [3.63, 3.8) is 0 Å². The van der Waals surface area contributed by atoms with Gasteiger partial charge in [0.2, 0.25) is 0 Å². The minimum Gasteiger partial charge on any atom is 0 e. The van der Waals surface area contributed by atoms with Crippen molar-refractivity contribution in [1.82, 2.24) is 0 Å². The maximum atomic E-state index is 0. The molecule has 0 fully saturated rings. The van der Waals surface area contributed by atoms with Gasteiger partial charge in [-0.05, 0) is 0 Å². The predicted molar refractivity (Wildman–Crippen MR) is 19.9 cm³/mol. The van der Waals surface area contributed by atoms with Crippen LogP contribution in [0.1, 0.15) is 0 Å². The molecular weight excluding hydrogens is 181 g/mol. The Bertz CT molecular complexity index is 4.00. The van der Waals surface area contributed by atoms with Crippen LogP contribution in [0.4, 0.5) is 0 Å². The fraction of sp³-hybridized carbons (Fsp3) is 0. The molecule has 0 aromatic heterocycles. The van der Waals surface area contributed by atoms with Gasteiger partial charge in [0.15, 0.2) is 34.7 Å². The summed E-state index contributed by atoms with van der Waals surface area (Å²) < 4.78 is 0. The average molecular weight is 187 g/mol. The van der Waals surface area contributed by atoms with Gasteiger partial charge in [-0.25, -0.2) is 0 Å². The summed E-state index contributed by atoms with van der Waals surface area (Å²) >= 11 is 0. The van der Waals surface area contributed by atoms with Crippen molar-refractivity contribution in [2.45, 2.75) is 0 Å². The van der Waals surface area contributed by atoms with Crippen LogP contribution in [0, 0.1) is 0 Å². The summed E-state index contributed by atoms with van der Waals surface area (Å²) in [4.78, 5) is 0. The summed E-state index contributed by atoms with van der Waals surface area (Å²) in [6, 6.07) is 0. The van der Waals surface area contributed by atoms with Crippen LogP contribution in [0.3, 0.4) is 0 Å². The van der Waals surface area contributed by atoms with Crippen LogP contribution in [0.25, 0.3) is 0 Å². The second-order valence-corrected chi connectivity index (χ2v) is 0. The summed E-state index contributed by atoms with van der Waals surface area (Å²) in [5, 5.41) is 0. The van der Waals surface area contributed by atoms with Crippen LogP contribution in [0.15, 0.2) is 0 Å². The standard InChI is InChI=1S/2Al.2Cu.6H. The zero-order valence-corrected chi connectivity index (χ0v) is 2.49. The molecule has 0 amide bonds. The molecule has 0 rings (SSSR count). The fourth-order valence-electron chi connectivity index (χ4n) is 0. The fourth-order valence-corrected chi connectivity index (χ4v) is 0. The molecule has 4 heavy (non-hydrogen) atoms. The van der Waals surface area contributed by atoms with E-state index in [1.54, 1.807) is 0 Å². The second kappa shape index (κ2) is 19.4. The van der Waals surface area contributed by atoms with Gasteiger partial charge in [-0.15, -0.1) is 0 Å². The van der Waals surface area contributed by atoms with Crippen molar-refractivity contribution in [3.05, 3.63) is 0 Å². The molecule has 0 bridgehead atoms. The molecule has 2 radical (unpaired) electrons. The molecule has 0 N–H and O–H groups in total. The zero-order valence-electron chi connectivity index (χ0n) is 0.603. The normalized spacial score (nSPS) is 0. The molecule has 0 nitrogen and oxygen atoms in total. The first kappa shape index (κ1) is 35.9. The Balaban J connectivity index is 0. The number of hydrogen-bond acceptors (Lipinski definition) is 0. The van der Waals surface area contributed by atoms with Crippen molar-refractivity contribution in [2.75, 3.05) is 0 Å². The van der Waals surface area contributed by atoms with Crippen molar-refractivity contribution in [2.24, 2.45) is 0 Å². The van der Waals surface area contributed by atoms with E-state index in [2.05, 4.69) is 0 Å². The molecule has 0 saturated carbocycles. The summed E-state index contributed by atoms with van der Waals surface area (Å²) in [5.41, 5.74) is 0. The van der Waals surface area contributed by atoms with Gasteiger partial charge in [0.1, 0.15) is 0 Å². The zero-order chi connectivity index (χ0) is 0. The van der Waals surface area contributed by atoms with Crippen molar-refractivity contribution >= 4 is 34.7 Å². The van der Waals surface area contributed by atoms with E-state index >= 15 is 0 Å². The molecule has 34 valence electrons. The molecule has 0 aliphatic rings. The minimum atomic E-state index is 0. The third-order valence-electron chi connectivity index (χ3n) is 0. The first-order chi connectivity index (χ1) is 0. The van der Waals surface area contributed by atoms with Gasteiger partial charge >= 0.3 is 0 Å². The van der Waals surface area contributed by atoms with Crippen LogP contribution in [-0.4, -0.2) is 34.7 Å². The quantitative estimate of drug-likeness (QED) is 0.372. The van der Waals surface area contributed by atoms with E-state index in [4.69, 9.17) is 0 Å². The van der Waals surface area contributed by atoms with Crippen LogP contribution in [0.5, 0.6) is 0 Å². The van der Waals surface area contributed by atoms with E-state index in [1.807, 2.05) is 0 Å². The van der Waals surface area contributed by atoms with Crippen molar-refractivity contribution in [3.8, 4) is 0 Å². The van der Waals surface area contributed by atoms with Gasteiger partial charge in [0, 0.05) is 34.1 Å². The van der Waals surface area contributed by atoms with E-state index in [9.17, 15) is 0 Å². The van der Waals surface area contributed by atoms with Crippen LogP contribution in [0.2, 0.25) is 0 Å². The first-order valence-corrected chi connectivity index (χ1v) is 0. The molecule has 0 spiro atoms. The molecule has 0 unspecified atom stereocenters. The Hall–Kier alpha value is 2.10. The van der Waals surface area contributed by atoms with Gasteiger partial charge in [0.25, 0.3) is 0 Å². The van der Waals surface area contributed by atoms with Gasteiger partial charge < -0.3 is 0 Å². The van der Waals surface area contributed by atoms with Gasteiger partial charge in [-0.3, -0.25) is 0 Å². The Kier molecular flexibility index (Phi) is 174. The summed E-state index contributed by atoms with van der Waals surface area (Å²) in [6.45, 7) is 0. The van der Waals surface area contributed by atoms with E-state index in [-0.39, 0.29) is 68.9 Å². The molecular formula is H6Al2Cu2. The third-order valence-corrected chi connectivity index (χ3v) is 0. The molecule has 0 saturated heterocycles. The molecule has 0 heterocycles. The number of hydrogen-bond donors (Lipinski definition) is 0. The molecule has 0 aromatic carbocycles. The first-order valence-electron chi connectivity index (χ1n) is 0. The van der Waals surface area contributed by atoms with E-state index < -0.39 is 0 Å². The van der Waals surface area contributed by atoms with Crippen LogP contribution < -0.4 is 0 Å². The van der Waals surface area contributed by atoms with Crippen LogP contribution in [-0.2, 0) is 34.1 Å². The molecule has 0 aliphatic heterocycles. The topological polar surface area (TPSA) is 0 Å². The van der Waals surface area contributed by atoms with Gasteiger partial charge in [-0.1, -0.05) is 0 Å². The monoisotopic (exact) mass is 186 g/mol. The number of rotatable bonds is 0. The summed E-state index contributed by atoms with van der Waals surface area (Å²) in [7, 11) is 0. The largest absolute Gasteiger partial charge is 0.187 e. The third kappa shape index (κ3) is 8.93. The molecule has 4 heteroatoms. The Morgan fingerprint density at radius 1 is 0.500 bits per heavy atom. The summed E-state index contributed by atoms with van der Waals surface area (Å²) in [6.07, 6.45) is 0. The van der Waals surface area contributed by atoms with E-state index in [0.717, 1.165) is 0 Å². The SMILES string of the molecule is [AlH3].[AlH3].[Cu].[Cu]. The molecule has 0 aromatic rings. The van der Waals surface area contributed by atoms with Crippen LogP contribution >= 0.6 is 0 Å². The van der Waals surface area contributed by atoms with Crippen molar-refractivity contribution in [1.29, 1.82) is 0 Å². The molecule has 0 atom stereocenters. The molecule has 0 aliphatic carbocycles. The van der Waals surface area contributed by atoms with Gasteiger partial charge in [-0.2, -0.15) is 0 Å². The average Bonchev–Trinajstić information content (AvgIpc) is 0. The second-order valence-electron chi connectivity index (χ2n) is 0. The Morgan fingerprint density at radius 2 is 0.500 bits per heavy atom.